The number of thiazole rings is 1. The summed E-state index contributed by atoms with van der Waals surface area (Å²) in [5.74, 6) is -1.51. The third kappa shape index (κ3) is 3.17. The molecule has 1 aliphatic carbocycles. The number of hydrogen-bond donors (Lipinski definition) is 2. The lowest BCUT2D eigenvalue weighted by atomic mass is 10.0. The highest BCUT2D eigenvalue weighted by atomic mass is 32.1. The SMILES string of the molecule is O=C(N[C@H]1CCC[C@H]1C(=O)O)c1ccc(-c2nc3ccccc3s2)s1. The molecule has 128 valence electrons. The molecule has 2 aromatic heterocycles. The van der Waals surface area contributed by atoms with Gasteiger partial charge in [-0.05, 0) is 37.1 Å². The van der Waals surface area contributed by atoms with E-state index in [4.69, 9.17) is 0 Å². The minimum atomic E-state index is -0.829. The van der Waals surface area contributed by atoms with Gasteiger partial charge < -0.3 is 10.4 Å². The van der Waals surface area contributed by atoms with Crippen LogP contribution in [0.3, 0.4) is 0 Å². The van der Waals surface area contributed by atoms with E-state index in [1.54, 1.807) is 17.4 Å². The van der Waals surface area contributed by atoms with E-state index in [2.05, 4.69) is 10.3 Å². The number of para-hydroxylation sites is 1. The monoisotopic (exact) mass is 372 g/mol. The molecule has 2 atom stereocenters. The summed E-state index contributed by atoms with van der Waals surface area (Å²) >= 11 is 2.99. The maximum absolute atomic E-state index is 12.5. The molecule has 3 aromatic rings. The maximum atomic E-state index is 12.5. The summed E-state index contributed by atoms with van der Waals surface area (Å²) in [6, 6.07) is 11.4. The van der Waals surface area contributed by atoms with Crippen molar-refractivity contribution in [3.8, 4) is 9.88 Å². The smallest absolute Gasteiger partial charge is 0.308 e. The number of carboxylic acids is 1. The third-order valence-corrected chi connectivity index (χ3v) is 6.77. The Morgan fingerprint density at radius 1 is 1.12 bits per heavy atom. The molecule has 4 rings (SSSR count). The normalized spacial score (nSPS) is 20.0. The van der Waals surface area contributed by atoms with Gasteiger partial charge in [-0.25, -0.2) is 4.98 Å². The van der Waals surface area contributed by atoms with Crippen LogP contribution in [0.2, 0.25) is 0 Å². The van der Waals surface area contributed by atoms with Crippen LogP contribution in [0.1, 0.15) is 28.9 Å². The van der Waals surface area contributed by atoms with Crippen molar-refractivity contribution in [2.24, 2.45) is 5.92 Å². The molecule has 5 nitrogen and oxygen atoms in total. The van der Waals surface area contributed by atoms with Crippen molar-refractivity contribution >= 4 is 44.8 Å². The Bertz CT molecular complexity index is 914. The van der Waals surface area contributed by atoms with Gasteiger partial charge in [-0.2, -0.15) is 0 Å². The second-order valence-electron chi connectivity index (χ2n) is 6.11. The summed E-state index contributed by atoms with van der Waals surface area (Å²) in [5.41, 5.74) is 0.956. The van der Waals surface area contributed by atoms with E-state index in [-0.39, 0.29) is 11.9 Å². The Morgan fingerprint density at radius 2 is 1.96 bits per heavy atom. The molecule has 0 radical (unpaired) electrons. The van der Waals surface area contributed by atoms with Gasteiger partial charge in [-0.1, -0.05) is 18.6 Å². The molecule has 1 aliphatic rings. The molecule has 0 unspecified atom stereocenters. The number of amides is 1. The highest BCUT2D eigenvalue weighted by Crippen LogP contribution is 2.34. The van der Waals surface area contributed by atoms with E-state index >= 15 is 0 Å². The number of benzene rings is 1. The molecule has 2 N–H and O–H groups in total. The number of fused-ring (bicyclic) bond motifs is 1. The fourth-order valence-corrected chi connectivity index (χ4v) is 5.15. The van der Waals surface area contributed by atoms with Crippen molar-refractivity contribution in [3.05, 3.63) is 41.3 Å². The fourth-order valence-electron chi connectivity index (χ4n) is 3.22. The number of nitrogens with zero attached hydrogens (tertiary/aromatic N) is 1. The van der Waals surface area contributed by atoms with Gasteiger partial charge in [0.2, 0.25) is 0 Å². The van der Waals surface area contributed by atoms with Gasteiger partial charge in [0.1, 0.15) is 5.01 Å². The number of rotatable bonds is 4. The van der Waals surface area contributed by atoms with Crippen LogP contribution in [0.15, 0.2) is 36.4 Å². The number of carbonyl (C=O) groups excluding carboxylic acids is 1. The van der Waals surface area contributed by atoms with E-state index in [9.17, 15) is 14.7 Å². The van der Waals surface area contributed by atoms with Gasteiger partial charge >= 0.3 is 5.97 Å². The second-order valence-corrected chi connectivity index (χ2v) is 8.22. The lowest BCUT2D eigenvalue weighted by Gasteiger charge is -2.16. The van der Waals surface area contributed by atoms with Gasteiger partial charge in [-0.15, -0.1) is 22.7 Å². The van der Waals surface area contributed by atoms with Crippen molar-refractivity contribution < 1.29 is 14.7 Å². The number of nitrogens with one attached hydrogen (secondary N) is 1. The number of hydrogen-bond acceptors (Lipinski definition) is 5. The Morgan fingerprint density at radius 3 is 2.76 bits per heavy atom. The zero-order valence-corrected chi connectivity index (χ0v) is 14.9. The van der Waals surface area contributed by atoms with Crippen LogP contribution in [0.4, 0.5) is 0 Å². The van der Waals surface area contributed by atoms with Gasteiger partial charge in [0.05, 0.1) is 25.9 Å². The molecule has 1 amide bonds. The minimum absolute atomic E-state index is 0.199. The number of carboxylic acid groups (broad SMARTS) is 1. The lowest BCUT2D eigenvalue weighted by Crippen LogP contribution is -2.39. The van der Waals surface area contributed by atoms with Crippen LogP contribution in [0, 0.1) is 5.92 Å². The van der Waals surface area contributed by atoms with Crippen LogP contribution < -0.4 is 5.32 Å². The van der Waals surface area contributed by atoms with Gasteiger partial charge in [0, 0.05) is 6.04 Å². The molecule has 0 spiro atoms. The first-order valence-corrected chi connectivity index (χ1v) is 9.74. The summed E-state index contributed by atoms with van der Waals surface area (Å²) in [4.78, 5) is 29.9. The Kier molecular flexibility index (Phi) is 4.27. The number of aromatic nitrogens is 1. The second kappa shape index (κ2) is 6.57. The summed E-state index contributed by atoms with van der Waals surface area (Å²) in [7, 11) is 0. The van der Waals surface area contributed by atoms with E-state index < -0.39 is 11.9 Å². The van der Waals surface area contributed by atoms with Crippen molar-refractivity contribution in [2.75, 3.05) is 0 Å². The summed E-state index contributed by atoms with van der Waals surface area (Å²) in [6.45, 7) is 0. The quantitative estimate of drug-likeness (QED) is 0.725. The molecule has 2 heterocycles. The summed E-state index contributed by atoms with van der Waals surface area (Å²) in [6.07, 6.45) is 2.18. The van der Waals surface area contributed by atoms with Crippen molar-refractivity contribution in [1.29, 1.82) is 0 Å². The number of aliphatic carboxylic acids is 1. The molecule has 0 bridgehead atoms. The zero-order valence-electron chi connectivity index (χ0n) is 13.3. The first kappa shape index (κ1) is 16.2. The van der Waals surface area contributed by atoms with E-state index in [0.29, 0.717) is 11.3 Å². The van der Waals surface area contributed by atoms with Gasteiger partial charge in [0.25, 0.3) is 5.91 Å². The maximum Gasteiger partial charge on any atom is 0.308 e. The fraction of sp³-hybridized carbons (Fsp3) is 0.278. The Labute approximate surface area is 152 Å². The number of thiophene rings is 1. The molecule has 1 aromatic carbocycles. The van der Waals surface area contributed by atoms with Crippen molar-refractivity contribution in [1.82, 2.24) is 10.3 Å². The summed E-state index contributed by atoms with van der Waals surface area (Å²) < 4.78 is 1.12. The Balaban J connectivity index is 1.52. The molecule has 1 fully saturated rings. The average molecular weight is 372 g/mol. The van der Waals surface area contributed by atoms with E-state index in [1.165, 1.54) is 11.3 Å². The molecular formula is C18H16N2O3S2. The Hall–Kier alpha value is -2.25. The van der Waals surface area contributed by atoms with Crippen LogP contribution >= 0.6 is 22.7 Å². The average Bonchev–Trinajstić information content (AvgIpc) is 3.32. The van der Waals surface area contributed by atoms with Crippen LogP contribution in [-0.4, -0.2) is 28.0 Å². The number of carbonyl (C=O) groups is 2. The van der Waals surface area contributed by atoms with Gasteiger partial charge in [0.15, 0.2) is 0 Å². The van der Waals surface area contributed by atoms with Gasteiger partial charge in [-0.3, -0.25) is 9.59 Å². The highest BCUT2D eigenvalue weighted by Gasteiger charge is 2.34. The standard InChI is InChI=1S/C18H16N2O3S2/c21-16(19-11-6-3-4-10(11)18(22)23)14-8-9-15(24-14)17-20-12-5-1-2-7-13(12)25-17/h1-2,5,7-11H,3-4,6H2,(H,19,21)(H,22,23)/t10-,11+/m1/s1. The predicted octanol–water partition coefficient (Wildman–Crippen LogP) is 4.01. The van der Waals surface area contributed by atoms with Crippen molar-refractivity contribution in [2.45, 2.75) is 25.3 Å². The summed E-state index contributed by atoms with van der Waals surface area (Å²) in [5, 5.41) is 13.0. The molecular weight excluding hydrogens is 356 g/mol. The first-order chi connectivity index (χ1) is 12.1. The molecule has 0 saturated heterocycles. The zero-order chi connectivity index (χ0) is 17.4. The topological polar surface area (TPSA) is 79.3 Å². The molecule has 1 saturated carbocycles. The molecule has 7 heteroatoms. The minimum Gasteiger partial charge on any atom is -0.481 e. The van der Waals surface area contributed by atoms with E-state index in [0.717, 1.165) is 32.9 Å². The first-order valence-electron chi connectivity index (χ1n) is 8.11. The van der Waals surface area contributed by atoms with Crippen LogP contribution in [-0.2, 0) is 4.79 Å². The largest absolute Gasteiger partial charge is 0.481 e. The van der Waals surface area contributed by atoms with Crippen LogP contribution in [0.25, 0.3) is 20.1 Å². The van der Waals surface area contributed by atoms with Crippen LogP contribution in [0.5, 0.6) is 0 Å². The lowest BCUT2D eigenvalue weighted by molar-refractivity contribution is -0.142. The third-order valence-electron chi connectivity index (χ3n) is 4.48. The molecule has 0 aliphatic heterocycles. The van der Waals surface area contributed by atoms with Crippen molar-refractivity contribution in [3.63, 3.8) is 0 Å². The predicted molar refractivity (Wildman–Crippen MR) is 99.2 cm³/mol. The highest BCUT2D eigenvalue weighted by molar-refractivity contribution is 7.26. The van der Waals surface area contributed by atoms with E-state index in [1.807, 2.05) is 30.3 Å². The molecule has 25 heavy (non-hydrogen) atoms.